The first-order valence-electron chi connectivity index (χ1n) is 6.98. The largest absolute Gasteiger partial charge is 0.389 e. The molecular formula is C17H22O. The van der Waals surface area contributed by atoms with Crippen LogP contribution >= 0.6 is 0 Å². The van der Waals surface area contributed by atoms with Crippen molar-refractivity contribution < 1.29 is 5.11 Å². The lowest BCUT2D eigenvalue weighted by molar-refractivity contribution is 0.174. The van der Waals surface area contributed by atoms with Crippen LogP contribution in [0.1, 0.15) is 39.5 Å². The normalized spacial score (nSPS) is 39.3. The molecule has 0 aromatic carbocycles. The van der Waals surface area contributed by atoms with Gasteiger partial charge in [-0.1, -0.05) is 48.5 Å². The van der Waals surface area contributed by atoms with Gasteiger partial charge in [-0.2, -0.15) is 0 Å². The monoisotopic (exact) mass is 242 g/mol. The molecule has 0 amide bonds. The highest BCUT2D eigenvalue weighted by Crippen LogP contribution is 2.53. The van der Waals surface area contributed by atoms with Gasteiger partial charge in [-0.3, -0.25) is 0 Å². The summed E-state index contributed by atoms with van der Waals surface area (Å²) in [6, 6.07) is 0. The molecule has 1 N–H and O–H groups in total. The predicted molar refractivity (Wildman–Crippen MR) is 75.1 cm³/mol. The molecule has 96 valence electrons. The van der Waals surface area contributed by atoms with Gasteiger partial charge in [0.15, 0.2) is 0 Å². The molecule has 3 unspecified atom stereocenters. The van der Waals surface area contributed by atoms with Crippen molar-refractivity contribution in [3.8, 4) is 0 Å². The zero-order valence-corrected chi connectivity index (χ0v) is 11.4. The Morgan fingerprint density at radius 2 is 2.17 bits per heavy atom. The Morgan fingerprint density at radius 3 is 2.94 bits per heavy atom. The third-order valence-electron chi connectivity index (χ3n) is 5.05. The van der Waals surface area contributed by atoms with Crippen LogP contribution in [-0.2, 0) is 0 Å². The molecule has 3 aliphatic rings. The summed E-state index contributed by atoms with van der Waals surface area (Å²) in [5.41, 5.74) is 5.42. The molecule has 1 heteroatoms. The quantitative estimate of drug-likeness (QED) is 0.638. The summed E-state index contributed by atoms with van der Waals surface area (Å²) in [6.07, 6.45) is 10.8. The van der Waals surface area contributed by atoms with E-state index in [9.17, 15) is 5.11 Å². The molecule has 0 aromatic rings. The Kier molecular flexibility index (Phi) is 2.63. The van der Waals surface area contributed by atoms with E-state index in [1.807, 2.05) is 0 Å². The van der Waals surface area contributed by atoms with Gasteiger partial charge in [-0.05, 0) is 38.2 Å². The molecule has 18 heavy (non-hydrogen) atoms. The van der Waals surface area contributed by atoms with Crippen molar-refractivity contribution in [3.05, 3.63) is 47.1 Å². The summed E-state index contributed by atoms with van der Waals surface area (Å²) in [5.74, 6) is 0.425. The fourth-order valence-electron chi connectivity index (χ4n) is 3.74. The van der Waals surface area contributed by atoms with Crippen LogP contribution in [0.4, 0.5) is 0 Å². The third kappa shape index (κ3) is 1.57. The summed E-state index contributed by atoms with van der Waals surface area (Å²) < 4.78 is 0. The number of aliphatic hydroxyl groups is 1. The van der Waals surface area contributed by atoms with Crippen LogP contribution in [0.2, 0.25) is 0 Å². The van der Waals surface area contributed by atoms with Crippen molar-refractivity contribution in [1.29, 1.82) is 0 Å². The molecule has 1 nitrogen and oxygen atoms in total. The van der Waals surface area contributed by atoms with Crippen molar-refractivity contribution in [1.82, 2.24) is 0 Å². The number of allylic oxidation sites excluding steroid dienone is 6. The van der Waals surface area contributed by atoms with E-state index in [4.69, 9.17) is 0 Å². The molecule has 3 atom stereocenters. The molecule has 0 aromatic heterocycles. The van der Waals surface area contributed by atoms with Crippen LogP contribution in [0.5, 0.6) is 0 Å². The van der Waals surface area contributed by atoms with E-state index in [-0.39, 0.29) is 11.5 Å². The van der Waals surface area contributed by atoms with E-state index >= 15 is 0 Å². The average Bonchev–Trinajstić information content (AvgIpc) is 2.34. The average molecular weight is 242 g/mol. The van der Waals surface area contributed by atoms with Gasteiger partial charge < -0.3 is 5.11 Å². The molecule has 0 saturated heterocycles. The van der Waals surface area contributed by atoms with Gasteiger partial charge in [0.2, 0.25) is 0 Å². The summed E-state index contributed by atoms with van der Waals surface area (Å²) in [5, 5.41) is 10.2. The van der Waals surface area contributed by atoms with Crippen molar-refractivity contribution in [2.75, 3.05) is 0 Å². The standard InChI is InChI=1S/C17H22O/c1-11-7-8-17(3)12(2)10-14-13(15(17)9-11)5-4-6-16(14)18/h7-9,15-16,18H,2,4-6,10H2,1,3H3. The predicted octanol–water partition coefficient (Wildman–Crippen LogP) is 3.93. The van der Waals surface area contributed by atoms with E-state index in [0.717, 1.165) is 25.7 Å². The van der Waals surface area contributed by atoms with E-state index in [0.29, 0.717) is 5.92 Å². The van der Waals surface area contributed by atoms with Crippen LogP contribution in [0.3, 0.4) is 0 Å². The maximum Gasteiger partial charge on any atom is 0.0756 e. The van der Waals surface area contributed by atoms with Gasteiger partial charge in [-0.25, -0.2) is 0 Å². The Labute approximate surface area is 110 Å². The molecule has 0 spiro atoms. The third-order valence-corrected chi connectivity index (χ3v) is 5.05. The molecule has 0 radical (unpaired) electrons. The Hall–Kier alpha value is -1.08. The Balaban J connectivity index is 2.13. The lowest BCUT2D eigenvalue weighted by atomic mass is 9.58. The molecule has 3 rings (SSSR count). The number of hydrogen-bond donors (Lipinski definition) is 1. The SMILES string of the molecule is C=C1CC2=C(CCCC2O)C2C=C(C)C=CC12C. The summed E-state index contributed by atoms with van der Waals surface area (Å²) in [7, 11) is 0. The summed E-state index contributed by atoms with van der Waals surface area (Å²) in [4.78, 5) is 0. The smallest absolute Gasteiger partial charge is 0.0756 e. The second-order valence-corrected chi connectivity index (χ2v) is 6.24. The highest BCUT2D eigenvalue weighted by Gasteiger charge is 2.43. The zero-order valence-electron chi connectivity index (χ0n) is 11.4. The van der Waals surface area contributed by atoms with Gasteiger partial charge in [0.1, 0.15) is 0 Å². The van der Waals surface area contributed by atoms with Gasteiger partial charge in [0.05, 0.1) is 6.10 Å². The maximum atomic E-state index is 10.2. The minimum Gasteiger partial charge on any atom is -0.389 e. The zero-order chi connectivity index (χ0) is 12.9. The van der Waals surface area contributed by atoms with Crippen molar-refractivity contribution >= 4 is 0 Å². The van der Waals surface area contributed by atoms with E-state index in [1.54, 1.807) is 0 Å². The van der Waals surface area contributed by atoms with Crippen molar-refractivity contribution in [2.24, 2.45) is 11.3 Å². The minimum absolute atomic E-state index is 0.0649. The van der Waals surface area contributed by atoms with E-state index in [1.165, 1.54) is 22.3 Å². The first kappa shape index (κ1) is 12.0. The van der Waals surface area contributed by atoms with Crippen LogP contribution in [0, 0.1) is 11.3 Å². The first-order valence-corrected chi connectivity index (χ1v) is 6.98. The fourth-order valence-corrected chi connectivity index (χ4v) is 3.74. The lowest BCUT2D eigenvalue weighted by Gasteiger charge is -2.47. The number of hydrogen-bond acceptors (Lipinski definition) is 1. The summed E-state index contributed by atoms with van der Waals surface area (Å²) in [6.45, 7) is 8.75. The van der Waals surface area contributed by atoms with Gasteiger partial charge >= 0.3 is 0 Å². The van der Waals surface area contributed by atoms with Crippen LogP contribution < -0.4 is 0 Å². The Bertz CT molecular complexity index is 492. The van der Waals surface area contributed by atoms with E-state index in [2.05, 4.69) is 38.7 Å². The highest BCUT2D eigenvalue weighted by atomic mass is 16.3. The molecule has 0 aliphatic heterocycles. The van der Waals surface area contributed by atoms with Gasteiger partial charge in [-0.15, -0.1) is 0 Å². The topological polar surface area (TPSA) is 20.2 Å². The number of aliphatic hydroxyl groups excluding tert-OH is 1. The number of fused-ring (bicyclic) bond motifs is 2. The van der Waals surface area contributed by atoms with Gasteiger partial charge in [0, 0.05) is 11.3 Å². The van der Waals surface area contributed by atoms with Crippen molar-refractivity contribution in [2.45, 2.75) is 45.6 Å². The first-order chi connectivity index (χ1) is 8.52. The minimum atomic E-state index is -0.227. The number of rotatable bonds is 0. The molecule has 0 bridgehead atoms. The molecule has 3 aliphatic carbocycles. The maximum absolute atomic E-state index is 10.2. The van der Waals surface area contributed by atoms with Crippen molar-refractivity contribution in [3.63, 3.8) is 0 Å². The molecular weight excluding hydrogens is 220 g/mol. The molecule has 0 fully saturated rings. The van der Waals surface area contributed by atoms with Gasteiger partial charge in [0.25, 0.3) is 0 Å². The molecule has 0 saturated carbocycles. The van der Waals surface area contributed by atoms with Crippen LogP contribution in [0.25, 0.3) is 0 Å². The van der Waals surface area contributed by atoms with Crippen LogP contribution in [-0.4, -0.2) is 11.2 Å². The highest BCUT2D eigenvalue weighted by molar-refractivity contribution is 5.46. The molecule has 0 heterocycles. The van der Waals surface area contributed by atoms with E-state index < -0.39 is 0 Å². The fraction of sp³-hybridized carbons (Fsp3) is 0.529. The Morgan fingerprint density at radius 1 is 1.39 bits per heavy atom. The second-order valence-electron chi connectivity index (χ2n) is 6.24. The van der Waals surface area contributed by atoms with Crippen LogP contribution in [0.15, 0.2) is 47.1 Å². The summed E-state index contributed by atoms with van der Waals surface area (Å²) >= 11 is 0. The second kappa shape index (κ2) is 3.96. The lowest BCUT2D eigenvalue weighted by Crippen LogP contribution is -2.37.